The van der Waals surface area contributed by atoms with Gasteiger partial charge in [0.2, 0.25) is 47.3 Å². The Morgan fingerprint density at radius 3 is 1.75 bits per heavy atom. The van der Waals surface area contributed by atoms with Crippen molar-refractivity contribution in [3.05, 3.63) is 35.6 Å². The largest absolute Gasteiger partial charge is 0.370 e. The summed E-state index contributed by atoms with van der Waals surface area (Å²) < 4.78 is 13.5. The number of amides is 8. The Labute approximate surface area is 384 Å². The zero-order valence-corrected chi connectivity index (χ0v) is 37.8. The lowest BCUT2D eigenvalue weighted by molar-refractivity contribution is -0.135. The molecule has 6 atom stereocenters. The molecule has 0 unspecified atom stereocenters. The Kier molecular flexibility index (Phi) is 23.2. The van der Waals surface area contributed by atoms with Crippen LogP contribution in [0.2, 0.25) is 0 Å². The van der Waals surface area contributed by atoms with Crippen molar-refractivity contribution in [1.82, 2.24) is 31.9 Å². The van der Waals surface area contributed by atoms with Gasteiger partial charge in [-0.3, -0.25) is 48.3 Å². The number of benzene rings is 1. The van der Waals surface area contributed by atoms with E-state index in [9.17, 15) is 42.7 Å². The SMILES string of the molecule is NC(=O)CC[C@H](NC(=O)[C@@H](CCCN=C(N)N)NC(=O)[C@@H](CCCN=C(N)N)NC(=O)Cc1ccc(F)cc1)C(=O)N[C@@H](CC1CCCCC1)C(=O)N[C@H]1CSSC[C@@H](C(N)=O)NC1=O. The van der Waals surface area contributed by atoms with Crippen molar-refractivity contribution in [2.24, 2.45) is 50.3 Å². The number of carbonyl (C=O) groups is 8. The van der Waals surface area contributed by atoms with E-state index in [0.29, 0.717) is 5.56 Å². The Bertz CT molecular complexity index is 1860. The van der Waals surface area contributed by atoms with E-state index in [2.05, 4.69) is 41.9 Å². The van der Waals surface area contributed by atoms with Gasteiger partial charge in [0.15, 0.2) is 11.9 Å². The zero-order chi connectivity index (χ0) is 47.9. The molecule has 1 saturated heterocycles. The molecule has 1 saturated carbocycles. The van der Waals surface area contributed by atoms with Crippen LogP contribution >= 0.6 is 21.6 Å². The molecule has 1 heterocycles. The molecule has 0 bridgehead atoms. The maximum atomic E-state index is 14.2. The van der Waals surface area contributed by atoms with Gasteiger partial charge in [0, 0.05) is 31.0 Å². The van der Waals surface area contributed by atoms with Gasteiger partial charge in [-0.1, -0.05) is 65.8 Å². The number of aliphatic imine (C=N–C) groups is 2. The highest BCUT2D eigenvalue weighted by atomic mass is 33.1. The molecule has 25 heteroatoms. The summed E-state index contributed by atoms with van der Waals surface area (Å²) in [6, 6.07) is -2.01. The lowest BCUT2D eigenvalue weighted by Crippen LogP contribution is -2.60. The molecular formula is C40H63FN14O8S2. The van der Waals surface area contributed by atoms with E-state index in [1.807, 2.05) is 0 Å². The van der Waals surface area contributed by atoms with Crippen molar-refractivity contribution in [3.8, 4) is 0 Å². The number of halogens is 1. The van der Waals surface area contributed by atoms with Gasteiger partial charge in [0.1, 0.15) is 42.1 Å². The summed E-state index contributed by atoms with van der Waals surface area (Å²) in [7, 11) is 2.57. The fourth-order valence-electron chi connectivity index (χ4n) is 7.09. The molecule has 0 spiro atoms. The summed E-state index contributed by atoms with van der Waals surface area (Å²) in [5, 5.41) is 15.9. The Balaban J connectivity index is 1.87. The van der Waals surface area contributed by atoms with Gasteiger partial charge in [-0.15, -0.1) is 0 Å². The van der Waals surface area contributed by atoms with Crippen LogP contribution in [0, 0.1) is 11.7 Å². The van der Waals surface area contributed by atoms with E-state index in [0.717, 1.165) is 32.1 Å². The second-order valence-electron chi connectivity index (χ2n) is 15.8. The summed E-state index contributed by atoms with van der Waals surface area (Å²) in [6.45, 7) is 0.168. The number of nitrogens with two attached hydrogens (primary N) is 6. The van der Waals surface area contributed by atoms with Crippen LogP contribution in [0.1, 0.15) is 82.6 Å². The minimum Gasteiger partial charge on any atom is -0.370 e. The summed E-state index contributed by atoms with van der Waals surface area (Å²) in [4.78, 5) is 114. The van der Waals surface area contributed by atoms with Crippen LogP contribution in [-0.4, -0.2) is 120 Å². The minimum atomic E-state index is -1.45. The molecule has 2 fully saturated rings. The fourth-order valence-corrected chi connectivity index (χ4v) is 9.43. The van der Waals surface area contributed by atoms with Crippen LogP contribution in [0.4, 0.5) is 4.39 Å². The zero-order valence-electron chi connectivity index (χ0n) is 36.2. The number of nitrogens with one attached hydrogen (secondary N) is 6. The average Bonchev–Trinajstić information content (AvgIpc) is 3.24. The molecule has 1 aliphatic carbocycles. The Hall–Kier alpha value is -5.85. The van der Waals surface area contributed by atoms with Crippen LogP contribution in [0.3, 0.4) is 0 Å². The maximum absolute atomic E-state index is 14.2. The first kappa shape index (κ1) is 53.5. The summed E-state index contributed by atoms with van der Waals surface area (Å²) >= 11 is 0. The topological polar surface area (TPSA) is 390 Å². The van der Waals surface area contributed by atoms with Crippen molar-refractivity contribution in [2.45, 2.75) is 120 Å². The number of guanidine groups is 2. The molecule has 0 aromatic heterocycles. The van der Waals surface area contributed by atoms with Crippen molar-refractivity contribution in [2.75, 3.05) is 24.6 Å². The Morgan fingerprint density at radius 1 is 0.692 bits per heavy atom. The van der Waals surface area contributed by atoms with Crippen LogP contribution in [0.5, 0.6) is 0 Å². The third kappa shape index (κ3) is 20.7. The van der Waals surface area contributed by atoms with Crippen LogP contribution in [-0.2, 0) is 44.8 Å². The van der Waals surface area contributed by atoms with Gasteiger partial charge in [-0.2, -0.15) is 0 Å². The second-order valence-corrected chi connectivity index (χ2v) is 18.4. The minimum absolute atomic E-state index is 0.0277. The Morgan fingerprint density at radius 2 is 1.22 bits per heavy atom. The lowest BCUT2D eigenvalue weighted by Gasteiger charge is -2.30. The molecule has 1 aromatic rings. The number of hydrogen-bond donors (Lipinski definition) is 12. The molecular weight excluding hydrogens is 888 g/mol. The first-order valence-corrected chi connectivity index (χ1v) is 23.9. The molecule has 1 aliphatic heterocycles. The van der Waals surface area contributed by atoms with E-state index in [1.165, 1.54) is 45.9 Å². The second kappa shape index (κ2) is 28.1. The summed E-state index contributed by atoms with van der Waals surface area (Å²) in [5.74, 6) is -6.32. The molecule has 18 N–H and O–H groups in total. The first-order valence-electron chi connectivity index (χ1n) is 21.4. The van der Waals surface area contributed by atoms with Crippen molar-refractivity contribution in [1.29, 1.82) is 0 Å². The quantitative estimate of drug-likeness (QED) is 0.0209. The van der Waals surface area contributed by atoms with Crippen LogP contribution < -0.4 is 66.3 Å². The van der Waals surface area contributed by atoms with Gasteiger partial charge >= 0.3 is 0 Å². The van der Waals surface area contributed by atoms with Gasteiger partial charge in [-0.25, -0.2) is 4.39 Å². The monoisotopic (exact) mass is 950 g/mol. The summed E-state index contributed by atoms with van der Waals surface area (Å²) in [5.41, 5.74) is 33.2. The van der Waals surface area contributed by atoms with E-state index in [-0.39, 0.29) is 93.8 Å². The number of carbonyl (C=O) groups excluding carboxylic acids is 8. The smallest absolute Gasteiger partial charge is 0.244 e. The molecule has 0 radical (unpaired) electrons. The number of nitrogens with zero attached hydrogens (tertiary/aromatic N) is 2. The first-order chi connectivity index (χ1) is 30.9. The predicted octanol–water partition coefficient (Wildman–Crippen LogP) is -2.50. The van der Waals surface area contributed by atoms with E-state index in [4.69, 9.17) is 34.4 Å². The highest BCUT2D eigenvalue weighted by molar-refractivity contribution is 8.76. The maximum Gasteiger partial charge on any atom is 0.244 e. The molecule has 360 valence electrons. The third-order valence-electron chi connectivity index (χ3n) is 10.5. The third-order valence-corrected chi connectivity index (χ3v) is 13.0. The van der Waals surface area contributed by atoms with Crippen molar-refractivity contribution >= 4 is 80.8 Å². The number of hydrogen-bond acceptors (Lipinski definition) is 12. The van der Waals surface area contributed by atoms with Gasteiger partial charge in [-0.05, 0) is 62.1 Å². The standard InChI is InChI=1S/C40H63FN14O8S2/c41-24-12-10-23(11-13-24)19-32(57)50-25(8-4-16-48-39(44)45)34(59)51-26(9-5-17-49-40(46)47)35(60)52-27(14-15-31(42)56)36(61)53-28(18-22-6-2-1-3-7-22)37(62)55-30-21-65-64-20-29(33(43)58)54-38(30)63/h10-13,22,25-30H,1-9,14-21H2,(H2,42,56)(H2,43,58)(H,50,57)(H,51,59)(H,52,60)(H,53,61)(H,54,63)(H,55,62)(H4,44,45,48)(H4,46,47,49)/t25-,26-,27+,28+,29+,30+/m1/s1. The van der Waals surface area contributed by atoms with Crippen molar-refractivity contribution in [3.63, 3.8) is 0 Å². The molecule has 22 nitrogen and oxygen atoms in total. The van der Waals surface area contributed by atoms with Gasteiger partial charge < -0.3 is 66.3 Å². The highest BCUT2D eigenvalue weighted by Crippen LogP contribution is 2.28. The van der Waals surface area contributed by atoms with E-state index >= 15 is 0 Å². The molecule has 8 amide bonds. The lowest BCUT2D eigenvalue weighted by atomic mass is 9.84. The summed E-state index contributed by atoms with van der Waals surface area (Å²) in [6.07, 6.45) is 4.17. The highest BCUT2D eigenvalue weighted by Gasteiger charge is 2.35. The molecule has 1 aromatic carbocycles. The number of rotatable bonds is 25. The van der Waals surface area contributed by atoms with E-state index in [1.54, 1.807) is 0 Å². The number of primary amides is 2. The fraction of sp³-hybridized carbons (Fsp3) is 0.600. The molecule has 2 aliphatic rings. The van der Waals surface area contributed by atoms with Crippen molar-refractivity contribution < 1.29 is 42.7 Å². The predicted molar refractivity (Wildman–Crippen MR) is 245 cm³/mol. The molecule has 3 rings (SSSR count). The van der Waals surface area contributed by atoms with Crippen LogP contribution in [0.15, 0.2) is 34.3 Å². The van der Waals surface area contributed by atoms with Crippen LogP contribution in [0.25, 0.3) is 0 Å². The average molecular weight is 951 g/mol. The van der Waals surface area contributed by atoms with Gasteiger partial charge in [0.05, 0.1) is 6.42 Å². The normalized spacial score (nSPS) is 18.3. The molecule has 65 heavy (non-hydrogen) atoms. The van der Waals surface area contributed by atoms with E-state index < -0.39 is 89.3 Å². The van der Waals surface area contributed by atoms with Gasteiger partial charge in [0.25, 0.3) is 0 Å².